The highest BCUT2D eigenvalue weighted by Gasteiger charge is 2.00. The first-order chi connectivity index (χ1) is 5.81. The van der Waals surface area contributed by atoms with Crippen LogP contribution < -0.4 is 6.15 Å². The van der Waals surface area contributed by atoms with Crippen LogP contribution in [-0.2, 0) is 14.3 Å². The highest BCUT2D eigenvalue weighted by molar-refractivity contribution is 5.69. The van der Waals surface area contributed by atoms with Crippen molar-refractivity contribution in [2.45, 2.75) is 32.6 Å². The molecule has 0 aliphatic rings. The number of esters is 1. The number of hydrogen-bond acceptors (Lipinski definition) is 4. The van der Waals surface area contributed by atoms with Gasteiger partial charge in [-0.3, -0.25) is 4.79 Å². The van der Waals surface area contributed by atoms with Crippen molar-refractivity contribution in [2.24, 2.45) is 0 Å². The van der Waals surface area contributed by atoms with E-state index in [0.29, 0.717) is 19.6 Å². The van der Waals surface area contributed by atoms with Crippen LogP contribution in [-0.4, -0.2) is 26.3 Å². The van der Waals surface area contributed by atoms with Gasteiger partial charge in [-0.15, -0.1) is 0 Å². The molecule has 0 spiro atoms. The third kappa shape index (κ3) is 11.4. The quantitative estimate of drug-likeness (QED) is 0.493. The molecule has 4 heteroatoms. The SMILES string of the molecule is CCCCCC(=O)OCCOC.N. The van der Waals surface area contributed by atoms with Crippen molar-refractivity contribution in [3.05, 3.63) is 0 Å². The first kappa shape index (κ1) is 14.9. The van der Waals surface area contributed by atoms with E-state index >= 15 is 0 Å². The van der Waals surface area contributed by atoms with E-state index in [1.165, 1.54) is 0 Å². The van der Waals surface area contributed by atoms with E-state index in [1.807, 2.05) is 0 Å². The molecule has 80 valence electrons. The molecule has 0 rings (SSSR count). The second-order valence-corrected chi connectivity index (χ2v) is 2.67. The monoisotopic (exact) mass is 191 g/mol. The predicted octanol–water partition coefficient (Wildman–Crippen LogP) is 1.92. The number of methoxy groups -OCH3 is 1. The zero-order valence-corrected chi connectivity index (χ0v) is 8.67. The molecule has 0 fully saturated rings. The Morgan fingerprint density at radius 3 is 2.46 bits per heavy atom. The van der Waals surface area contributed by atoms with Crippen molar-refractivity contribution in [2.75, 3.05) is 20.3 Å². The number of carbonyl (C=O) groups is 1. The van der Waals surface area contributed by atoms with Crippen molar-refractivity contribution in [3.63, 3.8) is 0 Å². The van der Waals surface area contributed by atoms with Gasteiger partial charge in [-0.05, 0) is 6.42 Å². The highest BCUT2D eigenvalue weighted by atomic mass is 16.6. The average molecular weight is 191 g/mol. The summed E-state index contributed by atoms with van der Waals surface area (Å²) < 4.78 is 9.61. The van der Waals surface area contributed by atoms with Crippen LogP contribution in [0.1, 0.15) is 32.6 Å². The second kappa shape index (κ2) is 11.4. The molecule has 0 radical (unpaired) electrons. The summed E-state index contributed by atoms with van der Waals surface area (Å²) in [5, 5.41) is 0. The highest BCUT2D eigenvalue weighted by Crippen LogP contribution is 1.99. The minimum absolute atomic E-state index is 0. The van der Waals surface area contributed by atoms with Gasteiger partial charge in [-0.1, -0.05) is 19.8 Å². The van der Waals surface area contributed by atoms with Gasteiger partial charge in [0.2, 0.25) is 0 Å². The third-order valence-electron chi connectivity index (χ3n) is 1.53. The van der Waals surface area contributed by atoms with Gasteiger partial charge in [-0.2, -0.15) is 0 Å². The largest absolute Gasteiger partial charge is 0.463 e. The molecule has 0 heterocycles. The van der Waals surface area contributed by atoms with E-state index in [9.17, 15) is 4.79 Å². The molecule has 0 aromatic heterocycles. The molecule has 0 aromatic carbocycles. The fourth-order valence-electron chi connectivity index (χ4n) is 0.830. The molecule has 0 atom stereocenters. The third-order valence-corrected chi connectivity index (χ3v) is 1.53. The Bertz CT molecular complexity index is 105. The zero-order chi connectivity index (χ0) is 9.23. The van der Waals surface area contributed by atoms with Crippen LogP contribution in [0.15, 0.2) is 0 Å². The number of carbonyl (C=O) groups excluding carboxylic acids is 1. The summed E-state index contributed by atoms with van der Waals surface area (Å²) >= 11 is 0. The van der Waals surface area contributed by atoms with Crippen LogP contribution in [0.25, 0.3) is 0 Å². The number of rotatable bonds is 7. The zero-order valence-electron chi connectivity index (χ0n) is 8.67. The normalized spacial score (nSPS) is 9.08. The molecule has 3 N–H and O–H groups in total. The van der Waals surface area contributed by atoms with E-state index in [4.69, 9.17) is 9.47 Å². The predicted molar refractivity (Wildman–Crippen MR) is 52.0 cm³/mol. The molecule has 0 aromatic rings. The fraction of sp³-hybridized carbons (Fsp3) is 0.889. The molecule has 13 heavy (non-hydrogen) atoms. The summed E-state index contributed by atoms with van der Waals surface area (Å²) in [4.78, 5) is 10.9. The maximum atomic E-state index is 10.9. The number of ether oxygens (including phenoxy) is 2. The summed E-state index contributed by atoms with van der Waals surface area (Å²) in [5.41, 5.74) is 0. The molecule has 0 bridgehead atoms. The fourth-order valence-corrected chi connectivity index (χ4v) is 0.830. The van der Waals surface area contributed by atoms with Gasteiger partial charge in [0.05, 0.1) is 6.61 Å². The van der Waals surface area contributed by atoms with Gasteiger partial charge in [-0.25, -0.2) is 0 Å². The molecule has 4 nitrogen and oxygen atoms in total. The first-order valence-corrected chi connectivity index (χ1v) is 4.45. The topological polar surface area (TPSA) is 70.5 Å². The van der Waals surface area contributed by atoms with Crippen molar-refractivity contribution in [3.8, 4) is 0 Å². The minimum atomic E-state index is -0.111. The Hall–Kier alpha value is -0.610. The van der Waals surface area contributed by atoms with E-state index in [-0.39, 0.29) is 12.1 Å². The smallest absolute Gasteiger partial charge is 0.305 e. The van der Waals surface area contributed by atoms with Gasteiger partial charge in [0, 0.05) is 13.5 Å². The van der Waals surface area contributed by atoms with Gasteiger partial charge < -0.3 is 15.6 Å². The summed E-state index contributed by atoms with van der Waals surface area (Å²) in [6.07, 6.45) is 3.70. The Morgan fingerprint density at radius 2 is 1.92 bits per heavy atom. The summed E-state index contributed by atoms with van der Waals surface area (Å²) in [6, 6.07) is 0. The van der Waals surface area contributed by atoms with Crippen LogP contribution in [0.2, 0.25) is 0 Å². The van der Waals surface area contributed by atoms with Crippen LogP contribution in [0.4, 0.5) is 0 Å². The van der Waals surface area contributed by atoms with Crippen molar-refractivity contribution >= 4 is 5.97 Å². The summed E-state index contributed by atoms with van der Waals surface area (Å²) in [5.74, 6) is -0.111. The number of unbranched alkanes of at least 4 members (excludes halogenated alkanes) is 2. The molecular weight excluding hydrogens is 170 g/mol. The molecule has 0 aliphatic heterocycles. The minimum Gasteiger partial charge on any atom is -0.463 e. The lowest BCUT2D eigenvalue weighted by Crippen LogP contribution is -2.09. The van der Waals surface area contributed by atoms with E-state index < -0.39 is 0 Å². The lowest BCUT2D eigenvalue weighted by molar-refractivity contribution is -0.145. The van der Waals surface area contributed by atoms with Gasteiger partial charge >= 0.3 is 5.97 Å². The van der Waals surface area contributed by atoms with Crippen molar-refractivity contribution < 1.29 is 14.3 Å². The second-order valence-electron chi connectivity index (χ2n) is 2.67. The maximum absolute atomic E-state index is 10.9. The van der Waals surface area contributed by atoms with Crippen LogP contribution in [0, 0.1) is 0 Å². The number of hydrogen-bond donors (Lipinski definition) is 1. The van der Waals surface area contributed by atoms with Crippen LogP contribution >= 0.6 is 0 Å². The Morgan fingerprint density at radius 1 is 1.23 bits per heavy atom. The Labute approximate surface area is 80.2 Å². The lowest BCUT2D eigenvalue weighted by Gasteiger charge is -2.02. The molecule has 0 saturated heterocycles. The van der Waals surface area contributed by atoms with Gasteiger partial charge in [0.15, 0.2) is 0 Å². The van der Waals surface area contributed by atoms with Crippen molar-refractivity contribution in [1.29, 1.82) is 0 Å². The van der Waals surface area contributed by atoms with Crippen molar-refractivity contribution in [1.82, 2.24) is 6.15 Å². The molecule has 0 amide bonds. The van der Waals surface area contributed by atoms with E-state index in [1.54, 1.807) is 7.11 Å². The molecular formula is C9H21NO3. The molecule has 0 unspecified atom stereocenters. The summed E-state index contributed by atoms with van der Waals surface area (Å²) in [6.45, 7) is 2.97. The maximum Gasteiger partial charge on any atom is 0.305 e. The van der Waals surface area contributed by atoms with E-state index in [0.717, 1.165) is 19.3 Å². The molecule has 0 saturated carbocycles. The van der Waals surface area contributed by atoms with Gasteiger partial charge in [0.1, 0.15) is 6.61 Å². The lowest BCUT2D eigenvalue weighted by atomic mass is 10.2. The van der Waals surface area contributed by atoms with E-state index in [2.05, 4.69) is 6.92 Å². The van der Waals surface area contributed by atoms with Crippen LogP contribution in [0.5, 0.6) is 0 Å². The van der Waals surface area contributed by atoms with Gasteiger partial charge in [0.25, 0.3) is 0 Å². The Balaban J connectivity index is 0. The standard InChI is InChI=1S/C9H18O3.H3N/c1-3-4-5-6-9(10)12-8-7-11-2;/h3-8H2,1-2H3;1H3. The molecule has 0 aliphatic carbocycles. The van der Waals surface area contributed by atoms with Crippen LogP contribution in [0.3, 0.4) is 0 Å². The Kier molecular flexibility index (Phi) is 13.0. The first-order valence-electron chi connectivity index (χ1n) is 4.45. The summed E-state index contributed by atoms with van der Waals surface area (Å²) in [7, 11) is 1.59. The average Bonchev–Trinajstić information content (AvgIpc) is 2.06.